The predicted octanol–water partition coefficient (Wildman–Crippen LogP) is 2.68. The van der Waals surface area contributed by atoms with Crippen molar-refractivity contribution in [2.24, 2.45) is 0 Å². The van der Waals surface area contributed by atoms with Gasteiger partial charge in [-0.3, -0.25) is 0 Å². The van der Waals surface area contributed by atoms with E-state index in [1.807, 2.05) is 13.0 Å². The van der Waals surface area contributed by atoms with Crippen molar-refractivity contribution < 1.29 is 22.1 Å². The molecule has 132 valence electrons. The predicted molar refractivity (Wildman–Crippen MR) is 92.7 cm³/mol. The third-order valence-corrected chi connectivity index (χ3v) is 5.05. The lowest BCUT2D eigenvalue weighted by molar-refractivity contribution is -0.149. The number of halogens is 1. The molecule has 6 nitrogen and oxygen atoms in total. The Bertz CT molecular complexity index is 944. The number of fused-ring (bicyclic) bond motifs is 1. The lowest BCUT2D eigenvalue weighted by atomic mass is 9.82. The molecule has 0 aliphatic carbocycles. The molecule has 0 radical (unpaired) electrons. The number of aryl methyl sites for hydroxylation is 1. The minimum absolute atomic E-state index is 0.0131. The summed E-state index contributed by atoms with van der Waals surface area (Å²) in [4.78, 5) is 12.9. The topological polar surface area (TPSA) is 81.7 Å². The molecule has 1 N–H and O–H groups in total. The number of ether oxygens (including phenoxy) is 1. The lowest BCUT2D eigenvalue weighted by Gasteiger charge is -2.37. The summed E-state index contributed by atoms with van der Waals surface area (Å²) in [5, 5.41) is 0.290. The molecule has 2 aromatic rings. The van der Waals surface area contributed by atoms with E-state index in [9.17, 15) is 13.2 Å². The zero-order chi connectivity index (χ0) is 18.2. The van der Waals surface area contributed by atoms with Gasteiger partial charge in [0.1, 0.15) is 0 Å². The molecule has 0 saturated heterocycles. The average Bonchev–Trinajstić information content (AvgIpc) is 2.52. The molecule has 0 bridgehead atoms. The summed E-state index contributed by atoms with van der Waals surface area (Å²) in [6.45, 7) is 3.59. The van der Waals surface area contributed by atoms with Gasteiger partial charge in [-0.05, 0) is 25.5 Å². The Morgan fingerprint density at radius 1 is 1.28 bits per heavy atom. The summed E-state index contributed by atoms with van der Waals surface area (Å²) in [5.74, 6) is -0.753. The first-order chi connectivity index (χ1) is 11.8. The normalized spacial score (nSPS) is 21.1. The molecular formula is C17H16ClNO5S. The molecule has 3 rings (SSSR count). The van der Waals surface area contributed by atoms with Gasteiger partial charge in [0.25, 0.3) is 0 Å². The van der Waals surface area contributed by atoms with Crippen molar-refractivity contribution in [3.8, 4) is 5.75 Å². The molecule has 1 aliphatic heterocycles. The number of hydrogen-bond donors (Lipinski definition) is 1. The highest BCUT2D eigenvalue weighted by Crippen LogP contribution is 2.42. The van der Waals surface area contributed by atoms with Gasteiger partial charge in [0.15, 0.2) is 11.3 Å². The number of nitrogens with one attached hydrogen (secondary N) is 1. The van der Waals surface area contributed by atoms with E-state index in [-0.39, 0.29) is 17.4 Å². The van der Waals surface area contributed by atoms with Crippen LogP contribution in [0.4, 0.5) is 0 Å². The molecular weight excluding hydrogens is 366 g/mol. The summed E-state index contributed by atoms with van der Waals surface area (Å²) in [7, 11) is -4.25. The highest BCUT2D eigenvalue weighted by atomic mass is 35.5. The third kappa shape index (κ3) is 3.10. The van der Waals surface area contributed by atoms with Crippen molar-refractivity contribution in [3.63, 3.8) is 0 Å². The maximum atomic E-state index is 12.9. The molecule has 25 heavy (non-hydrogen) atoms. The summed E-state index contributed by atoms with van der Waals surface area (Å²) in [6, 6.07) is 11.5. The zero-order valence-electron chi connectivity index (χ0n) is 13.6. The third-order valence-electron chi connectivity index (χ3n) is 3.86. The number of rotatable bonds is 3. The summed E-state index contributed by atoms with van der Waals surface area (Å²) >= 11 is 5.96. The van der Waals surface area contributed by atoms with Crippen LogP contribution in [0, 0.1) is 6.92 Å². The molecule has 8 heteroatoms. The largest absolute Gasteiger partial charge is 0.464 e. The highest BCUT2D eigenvalue weighted by Gasteiger charge is 2.52. The molecule has 0 aromatic heterocycles. The molecule has 2 aromatic carbocycles. The lowest BCUT2D eigenvalue weighted by Crippen LogP contribution is -2.57. The van der Waals surface area contributed by atoms with Crippen molar-refractivity contribution >= 4 is 27.9 Å². The van der Waals surface area contributed by atoms with E-state index >= 15 is 0 Å². The SMILES string of the molecule is CCOC(=O)[C@]1(c2cccc(C)c2)NS(=O)(=O)Oc2cc(Cl)ccc21. The van der Waals surface area contributed by atoms with Gasteiger partial charge in [-0.2, -0.15) is 13.1 Å². The number of carbonyl (C=O) groups is 1. The molecule has 1 heterocycles. The molecule has 0 fully saturated rings. The van der Waals surface area contributed by atoms with Crippen LogP contribution in [0.15, 0.2) is 42.5 Å². The van der Waals surface area contributed by atoms with Gasteiger partial charge in [-0.15, -0.1) is 0 Å². The average molecular weight is 382 g/mol. The van der Waals surface area contributed by atoms with Gasteiger partial charge in [0.05, 0.1) is 6.61 Å². The van der Waals surface area contributed by atoms with Crippen LogP contribution in [0.1, 0.15) is 23.6 Å². The van der Waals surface area contributed by atoms with E-state index in [2.05, 4.69) is 4.72 Å². The molecule has 0 spiro atoms. The van der Waals surface area contributed by atoms with Crippen LogP contribution >= 0.6 is 11.6 Å². The zero-order valence-corrected chi connectivity index (χ0v) is 15.1. The second-order valence-electron chi connectivity index (χ2n) is 5.62. The first-order valence-corrected chi connectivity index (χ1v) is 9.35. The Hall–Kier alpha value is -2.09. The maximum absolute atomic E-state index is 12.9. The molecule has 0 unspecified atom stereocenters. The Labute approximate surface area is 151 Å². The molecule has 0 saturated carbocycles. The van der Waals surface area contributed by atoms with Crippen LogP contribution in [-0.2, 0) is 25.4 Å². The quantitative estimate of drug-likeness (QED) is 0.826. The minimum Gasteiger partial charge on any atom is -0.464 e. The highest BCUT2D eigenvalue weighted by molar-refractivity contribution is 7.85. The first kappa shape index (κ1) is 17.7. The van der Waals surface area contributed by atoms with E-state index in [1.54, 1.807) is 37.3 Å². The number of carbonyl (C=O) groups excluding carboxylic acids is 1. The maximum Gasteiger partial charge on any atom is 0.384 e. The van der Waals surface area contributed by atoms with E-state index in [0.29, 0.717) is 11.1 Å². The van der Waals surface area contributed by atoms with Crippen LogP contribution in [0.3, 0.4) is 0 Å². The molecule has 1 aliphatic rings. The minimum atomic E-state index is -4.25. The van der Waals surface area contributed by atoms with E-state index in [1.165, 1.54) is 6.07 Å². The van der Waals surface area contributed by atoms with Crippen molar-refractivity contribution in [3.05, 3.63) is 64.2 Å². The van der Waals surface area contributed by atoms with Crippen LogP contribution in [0.2, 0.25) is 5.02 Å². The smallest absolute Gasteiger partial charge is 0.384 e. The van der Waals surface area contributed by atoms with Crippen LogP contribution in [0.25, 0.3) is 0 Å². The summed E-state index contributed by atoms with van der Waals surface area (Å²) in [6.07, 6.45) is 0. The van der Waals surface area contributed by atoms with E-state index in [4.69, 9.17) is 20.5 Å². The van der Waals surface area contributed by atoms with E-state index < -0.39 is 21.8 Å². The number of benzene rings is 2. The van der Waals surface area contributed by atoms with Crippen molar-refractivity contribution in [1.29, 1.82) is 0 Å². The number of esters is 1. The molecule has 1 atom stereocenters. The van der Waals surface area contributed by atoms with Gasteiger partial charge >= 0.3 is 16.3 Å². The van der Waals surface area contributed by atoms with Crippen LogP contribution < -0.4 is 8.91 Å². The van der Waals surface area contributed by atoms with E-state index in [0.717, 1.165) is 5.56 Å². The second kappa shape index (κ2) is 6.33. The van der Waals surface area contributed by atoms with Crippen molar-refractivity contribution in [2.45, 2.75) is 19.4 Å². The van der Waals surface area contributed by atoms with Crippen molar-refractivity contribution in [2.75, 3.05) is 6.61 Å². The Kier molecular flexibility index (Phi) is 4.49. The molecule has 0 amide bonds. The fourth-order valence-corrected chi connectivity index (χ4v) is 4.12. The van der Waals surface area contributed by atoms with Crippen molar-refractivity contribution in [1.82, 2.24) is 4.72 Å². The van der Waals surface area contributed by atoms with Crippen LogP contribution in [-0.4, -0.2) is 21.0 Å². The monoisotopic (exact) mass is 381 g/mol. The second-order valence-corrected chi connectivity index (χ2v) is 7.34. The van der Waals surface area contributed by atoms with Gasteiger partial charge in [-0.25, -0.2) is 4.79 Å². The fourth-order valence-electron chi connectivity index (χ4n) is 2.86. The Balaban J connectivity index is 2.37. The Morgan fingerprint density at radius 3 is 2.72 bits per heavy atom. The van der Waals surface area contributed by atoms with Gasteiger partial charge in [0.2, 0.25) is 0 Å². The number of hydrogen-bond acceptors (Lipinski definition) is 5. The van der Waals surface area contributed by atoms with Crippen LogP contribution in [0.5, 0.6) is 5.75 Å². The summed E-state index contributed by atoms with van der Waals surface area (Å²) < 4.78 is 37.2. The standard InChI is InChI=1S/C17H16ClNO5S/c1-3-23-16(20)17(12-6-4-5-11(2)9-12)14-8-7-13(18)10-15(14)24-25(21,22)19-17/h4-10,19H,3H2,1-2H3/t17-/m1/s1. The van der Waals surface area contributed by atoms with Gasteiger partial charge < -0.3 is 8.92 Å². The van der Waals surface area contributed by atoms with Gasteiger partial charge in [0, 0.05) is 16.7 Å². The summed E-state index contributed by atoms with van der Waals surface area (Å²) in [5.41, 5.74) is -0.140. The Morgan fingerprint density at radius 2 is 2.04 bits per heavy atom. The first-order valence-electron chi connectivity index (χ1n) is 7.56. The van der Waals surface area contributed by atoms with Gasteiger partial charge in [-0.1, -0.05) is 47.5 Å². The fraction of sp³-hybridized carbons (Fsp3) is 0.235.